The number of hydrogen-bond acceptors (Lipinski definition) is 2. The molecule has 20 heavy (non-hydrogen) atoms. The van der Waals surface area contributed by atoms with Crippen LogP contribution in [-0.2, 0) is 4.79 Å². The molecule has 1 aromatic rings. The third kappa shape index (κ3) is 4.51. The van der Waals surface area contributed by atoms with Crippen LogP contribution in [0.15, 0.2) is 24.3 Å². The van der Waals surface area contributed by atoms with Gasteiger partial charge in [-0.05, 0) is 44.0 Å². The molecule has 0 aliphatic heterocycles. The Morgan fingerprint density at radius 1 is 1.15 bits per heavy atom. The van der Waals surface area contributed by atoms with Crippen LogP contribution in [0.1, 0.15) is 45.4 Å². The minimum absolute atomic E-state index is 0.0150. The number of rotatable bonds is 4. The molecule has 0 saturated heterocycles. The lowest BCUT2D eigenvalue weighted by molar-refractivity contribution is -0.122. The van der Waals surface area contributed by atoms with Gasteiger partial charge in [-0.15, -0.1) is 0 Å². The van der Waals surface area contributed by atoms with Gasteiger partial charge in [0.1, 0.15) is 11.9 Å². The molecular formula is C16H23FN2O. The van der Waals surface area contributed by atoms with Gasteiger partial charge < -0.3 is 10.6 Å². The molecule has 1 aliphatic carbocycles. The SMILES string of the molecule is CC(Nc1ccc(F)cc1)C(=O)NC1CCCCCC1. The third-order valence-corrected chi connectivity index (χ3v) is 3.82. The molecule has 0 spiro atoms. The van der Waals surface area contributed by atoms with Crippen molar-refractivity contribution in [3.8, 4) is 0 Å². The van der Waals surface area contributed by atoms with Gasteiger partial charge in [0.2, 0.25) is 5.91 Å². The quantitative estimate of drug-likeness (QED) is 0.828. The van der Waals surface area contributed by atoms with E-state index in [1.54, 1.807) is 12.1 Å². The lowest BCUT2D eigenvalue weighted by Crippen LogP contribution is -2.43. The molecule has 1 atom stereocenters. The van der Waals surface area contributed by atoms with Crippen molar-refractivity contribution in [1.82, 2.24) is 5.32 Å². The van der Waals surface area contributed by atoms with E-state index >= 15 is 0 Å². The molecule has 1 aromatic carbocycles. The van der Waals surface area contributed by atoms with E-state index in [1.807, 2.05) is 6.92 Å². The Kier molecular flexibility index (Phi) is 5.39. The maximum atomic E-state index is 12.8. The van der Waals surface area contributed by atoms with Gasteiger partial charge in [0.25, 0.3) is 0 Å². The number of halogens is 1. The Morgan fingerprint density at radius 3 is 2.35 bits per heavy atom. The van der Waals surface area contributed by atoms with Crippen molar-refractivity contribution in [2.75, 3.05) is 5.32 Å². The van der Waals surface area contributed by atoms with E-state index < -0.39 is 0 Å². The summed E-state index contributed by atoms with van der Waals surface area (Å²) in [4.78, 5) is 12.1. The van der Waals surface area contributed by atoms with Crippen molar-refractivity contribution in [2.45, 2.75) is 57.5 Å². The van der Waals surface area contributed by atoms with Crippen LogP contribution in [-0.4, -0.2) is 18.0 Å². The molecule has 0 radical (unpaired) electrons. The van der Waals surface area contributed by atoms with Gasteiger partial charge in [-0.2, -0.15) is 0 Å². The maximum Gasteiger partial charge on any atom is 0.242 e. The average Bonchev–Trinajstić information content (AvgIpc) is 2.70. The van der Waals surface area contributed by atoms with E-state index in [9.17, 15) is 9.18 Å². The minimum atomic E-state index is -0.316. The zero-order chi connectivity index (χ0) is 14.4. The summed E-state index contributed by atoms with van der Waals surface area (Å²) in [7, 11) is 0. The number of benzene rings is 1. The molecular weight excluding hydrogens is 255 g/mol. The molecule has 3 nitrogen and oxygen atoms in total. The minimum Gasteiger partial charge on any atom is -0.374 e. The van der Waals surface area contributed by atoms with Crippen molar-refractivity contribution in [3.63, 3.8) is 0 Å². The summed E-state index contributed by atoms with van der Waals surface area (Å²) in [6, 6.07) is 6.05. The predicted molar refractivity (Wildman–Crippen MR) is 79.1 cm³/mol. The van der Waals surface area contributed by atoms with E-state index in [0.29, 0.717) is 6.04 Å². The van der Waals surface area contributed by atoms with Crippen LogP contribution >= 0.6 is 0 Å². The van der Waals surface area contributed by atoms with Gasteiger partial charge in [0.05, 0.1) is 0 Å². The van der Waals surface area contributed by atoms with Crippen LogP contribution in [0, 0.1) is 5.82 Å². The van der Waals surface area contributed by atoms with Crippen LogP contribution in [0.5, 0.6) is 0 Å². The van der Waals surface area contributed by atoms with Crippen LogP contribution in [0.3, 0.4) is 0 Å². The van der Waals surface area contributed by atoms with Gasteiger partial charge >= 0.3 is 0 Å². The van der Waals surface area contributed by atoms with Crippen LogP contribution in [0.25, 0.3) is 0 Å². The molecule has 1 aliphatic rings. The number of nitrogens with one attached hydrogen (secondary N) is 2. The van der Waals surface area contributed by atoms with Gasteiger partial charge in [-0.25, -0.2) is 4.39 Å². The number of anilines is 1. The van der Waals surface area contributed by atoms with Crippen molar-refractivity contribution in [1.29, 1.82) is 0 Å². The molecule has 0 aromatic heterocycles. The molecule has 1 unspecified atom stereocenters. The average molecular weight is 278 g/mol. The molecule has 0 heterocycles. The molecule has 1 amide bonds. The highest BCUT2D eigenvalue weighted by Crippen LogP contribution is 2.17. The molecule has 1 fully saturated rings. The lowest BCUT2D eigenvalue weighted by Gasteiger charge is -2.20. The highest BCUT2D eigenvalue weighted by Gasteiger charge is 2.18. The Hall–Kier alpha value is -1.58. The summed E-state index contributed by atoms with van der Waals surface area (Å²) < 4.78 is 12.8. The molecule has 4 heteroatoms. The summed E-state index contributed by atoms with van der Waals surface area (Å²) >= 11 is 0. The van der Waals surface area contributed by atoms with E-state index in [1.165, 1.54) is 37.8 Å². The summed E-state index contributed by atoms with van der Waals surface area (Å²) in [5.41, 5.74) is 0.759. The standard InChI is InChI=1S/C16H23FN2O/c1-12(18-15-10-8-13(17)9-11-15)16(20)19-14-6-4-2-3-5-7-14/h8-12,14,18H,2-7H2,1H3,(H,19,20). The first-order valence-corrected chi connectivity index (χ1v) is 7.47. The number of carbonyl (C=O) groups is 1. The predicted octanol–water partition coefficient (Wildman–Crippen LogP) is 3.47. The summed E-state index contributed by atoms with van der Waals surface area (Å²) in [5.74, 6) is -0.257. The largest absolute Gasteiger partial charge is 0.374 e. The van der Waals surface area contributed by atoms with E-state index in [-0.39, 0.29) is 17.8 Å². The first kappa shape index (κ1) is 14.8. The van der Waals surface area contributed by atoms with Crippen LogP contribution in [0.4, 0.5) is 10.1 Å². The van der Waals surface area contributed by atoms with Crippen molar-refractivity contribution < 1.29 is 9.18 Å². The molecule has 2 N–H and O–H groups in total. The first-order valence-electron chi connectivity index (χ1n) is 7.47. The van der Waals surface area contributed by atoms with E-state index in [0.717, 1.165) is 18.5 Å². The van der Waals surface area contributed by atoms with Crippen LogP contribution < -0.4 is 10.6 Å². The number of carbonyl (C=O) groups excluding carboxylic acids is 1. The Bertz CT molecular complexity index is 425. The smallest absolute Gasteiger partial charge is 0.242 e. The fraction of sp³-hybridized carbons (Fsp3) is 0.562. The molecule has 0 bridgehead atoms. The van der Waals surface area contributed by atoms with Crippen molar-refractivity contribution in [2.24, 2.45) is 0 Å². The van der Waals surface area contributed by atoms with Gasteiger partial charge in [-0.1, -0.05) is 25.7 Å². The first-order chi connectivity index (χ1) is 9.65. The normalized spacial score (nSPS) is 18.1. The highest BCUT2D eigenvalue weighted by atomic mass is 19.1. The second-order valence-electron chi connectivity index (χ2n) is 5.57. The second kappa shape index (κ2) is 7.27. The molecule has 1 saturated carbocycles. The maximum absolute atomic E-state index is 12.8. The second-order valence-corrected chi connectivity index (χ2v) is 5.57. The number of hydrogen-bond donors (Lipinski definition) is 2. The summed E-state index contributed by atoms with van der Waals surface area (Å²) in [6.45, 7) is 1.83. The zero-order valence-electron chi connectivity index (χ0n) is 12.0. The third-order valence-electron chi connectivity index (χ3n) is 3.82. The van der Waals surface area contributed by atoms with Gasteiger partial charge in [0.15, 0.2) is 0 Å². The Morgan fingerprint density at radius 2 is 1.75 bits per heavy atom. The van der Waals surface area contributed by atoms with E-state index in [2.05, 4.69) is 10.6 Å². The topological polar surface area (TPSA) is 41.1 Å². The molecule has 2 rings (SSSR count). The number of amides is 1. The fourth-order valence-corrected chi connectivity index (χ4v) is 2.61. The summed E-state index contributed by atoms with van der Waals surface area (Å²) in [5, 5.41) is 6.21. The van der Waals surface area contributed by atoms with Crippen molar-refractivity contribution in [3.05, 3.63) is 30.1 Å². The Balaban J connectivity index is 1.83. The monoisotopic (exact) mass is 278 g/mol. The van der Waals surface area contributed by atoms with Gasteiger partial charge in [0, 0.05) is 11.7 Å². The Labute approximate surface area is 120 Å². The van der Waals surface area contributed by atoms with Gasteiger partial charge in [-0.3, -0.25) is 4.79 Å². The zero-order valence-corrected chi connectivity index (χ0v) is 12.0. The highest BCUT2D eigenvalue weighted by molar-refractivity contribution is 5.84. The fourth-order valence-electron chi connectivity index (χ4n) is 2.61. The van der Waals surface area contributed by atoms with Crippen molar-refractivity contribution >= 4 is 11.6 Å². The van der Waals surface area contributed by atoms with E-state index in [4.69, 9.17) is 0 Å². The lowest BCUT2D eigenvalue weighted by atomic mass is 10.1. The molecule has 110 valence electrons. The van der Waals surface area contributed by atoms with Crippen LogP contribution in [0.2, 0.25) is 0 Å². The summed E-state index contributed by atoms with van der Waals surface area (Å²) in [6.07, 6.45) is 7.10.